The van der Waals surface area contributed by atoms with E-state index in [4.69, 9.17) is 5.73 Å². The molecule has 0 saturated heterocycles. The Morgan fingerprint density at radius 2 is 2.27 bits per heavy atom. The van der Waals surface area contributed by atoms with E-state index in [2.05, 4.69) is 22.3 Å². The first-order valence-corrected chi connectivity index (χ1v) is 6.18. The maximum atomic E-state index is 5.58. The van der Waals surface area contributed by atoms with Crippen molar-refractivity contribution < 1.29 is 0 Å². The summed E-state index contributed by atoms with van der Waals surface area (Å²) in [6.45, 7) is 2.53. The molecule has 0 aliphatic rings. The van der Waals surface area contributed by atoms with Crippen molar-refractivity contribution in [3.63, 3.8) is 0 Å². The molecule has 1 heterocycles. The van der Waals surface area contributed by atoms with Gasteiger partial charge in [0.15, 0.2) is 4.34 Å². The number of aromatic nitrogens is 2. The van der Waals surface area contributed by atoms with Gasteiger partial charge in [-0.1, -0.05) is 35.2 Å². The minimum atomic E-state index is 0.573. The third-order valence-electron chi connectivity index (χ3n) is 1.85. The highest BCUT2D eigenvalue weighted by atomic mass is 32.2. The quantitative estimate of drug-likeness (QED) is 0.891. The van der Waals surface area contributed by atoms with Gasteiger partial charge in [-0.2, -0.15) is 0 Å². The molecule has 0 saturated carbocycles. The van der Waals surface area contributed by atoms with Gasteiger partial charge >= 0.3 is 0 Å². The first-order chi connectivity index (χ1) is 7.28. The molecule has 2 rings (SSSR count). The summed E-state index contributed by atoms with van der Waals surface area (Å²) in [5.41, 5.74) is 6.72. The zero-order valence-electron chi connectivity index (χ0n) is 8.30. The molecular weight excluding hydrogens is 226 g/mol. The van der Waals surface area contributed by atoms with Gasteiger partial charge < -0.3 is 5.73 Å². The number of hydrogen-bond donors (Lipinski definition) is 1. The molecule has 2 aromatic rings. The Hall–Kier alpha value is -0.910. The van der Waals surface area contributed by atoms with Gasteiger partial charge in [0.1, 0.15) is 5.01 Å². The highest BCUT2D eigenvalue weighted by Gasteiger charge is 2.03. The topological polar surface area (TPSA) is 51.8 Å². The standard InChI is InChI=1S/C10H11N3S2/c1-7-12-13-10(14-7)15-9-4-2-3-8(5-9)6-11/h2-5H,6,11H2,1H3. The lowest BCUT2D eigenvalue weighted by molar-refractivity contribution is 0.983. The summed E-state index contributed by atoms with van der Waals surface area (Å²) in [6, 6.07) is 8.18. The lowest BCUT2D eigenvalue weighted by atomic mass is 10.2. The lowest BCUT2D eigenvalue weighted by Crippen LogP contribution is -1.95. The number of aryl methyl sites for hydroxylation is 1. The van der Waals surface area contributed by atoms with Gasteiger partial charge in [0, 0.05) is 11.4 Å². The van der Waals surface area contributed by atoms with Crippen LogP contribution in [-0.2, 0) is 6.54 Å². The Kier molecular flexibility index (Phi) is 3.35. The van der Waals surface area contributed by atoms with Crippen molar-refractivity contribution >= 4 is 23.1 Å². The predicted octanol–water partition coefficient (Wildman–Crippen LogP) is 2.46. The van der Waals surface area contributed by atoms with E-state index in [1.54, 1.807) is 23.1 Å². The highest BCUT2D eigenvalue weighted by Crippen LogP contribution is 2.30. The molecule has 0 amide bonds. The van der Waals surface area contributed by atoms with Crippen molar-refractivity contribution in [3.05, 3.63) is 34.8 Å². The van der Waals surface area contributed by atoms with Gasteiger partial charge in [-0.25, -0.2) is 0 Å². The molecule has 0 atom stereocenters. The van der Waals surface area contributed by atoms with Gasteiger partial charge in [0.2, 0.25) is 0 Å². The average Bonchev–Trinajstić information content (AvgIpc) is 2.64. The van der Waals surface area contributed by atoms with Crippen LogP contribution in [0.5, 0.6) is 0 Å². The second kappa shape index (κ2) is 4.74. The van der Waals surface area contributed by atoms with Crippen molar-refractivity contribution in [1.29, 1.82) is 0 Å². The van der Waals surface area contributed by atoms with E-state index in [-0.39, 0.29) is 0 Å². The van der Waals surface area contributed by atoms with Crippen molar-refractivity contribution in [2.24, 2.45) is 5.73 Å². The number of rotatable bonds is 3. The SMILES string of the molecule is Cc1nnc(Sc2cccc(CN)c2)s1. The van der Waals surface area contributed by atoms with Crippen LogP contribution in [0.2, 0.25) is 0 Å². The summed E-state index contributed by atoms with van der Waals surface area (Å²) >= 11 is 3.23. The number of benzene rings is 1. The molecule has 0 aliphatic carbocycles. The summed E-state index contributed by atoms with van der Waals surface area (Å²) < 4.78 is 0.974. The fraction of sp³-hybridized carbons (Fsp3) is 0.200. The third-order valence-corrected chi connectivity index (χ3v) is 3.73. The number of nitrogens with two attached hydrogens (primary N) is 1. The molecule has 0 radical (unpaired) electrons. The molecule has 0 unspecified atom stereocenters. The highest BCUT2D eigenvalue weighted by molar-refractivity contribution is 8.01. The maximum absolute atomic E-state index is 5.58. The average molecular weight is 237 g/mol. The van der Waals surface area contributed by atoms with Gasteiger partial charge in [0.25, 0.3) is 0 Å². The second-order valence-electron chi connectivity index (χ2n) is 3.04. The van der Waals surface area contributed by atoms with Crippen LogP contribution >= 0.6 is 23.1 Å². The van der Waals surface area contributed by atoms with E-state index < -0.39 is 0 Å². The fourth-order valence-electron chi connectivity index (χ4n) is 1.16. The molecule has 1 aromatic carbocycles. The van der Waals surface area contributed by atoms with Crippen LogP contribution in [0.3, 0.4) is 0 Å². The van der Waals surface area contributed by atoms with Crippen LogP contribution in [0.1, 0.15) is 10.6 Å². The second-order valence-corrected chi connectivity index (χ2v) is 5.54. The molecule has 0 fully saturated rings. The smallest absolute Gasteiger partial charge is 0.179 e. The van der Waals surface area contributed by atoms with Gasteiger partial charge in [-0.15, -0.1) is 10.2 Å². The Balaban J connectivity index is 2.16. The van der Waals surface area contributed by atoms with E-state index >= 15 is 0 Å². The van der Waals surface area contributed by atoms with Crippen LogP contribution in [0.4, 0.5) is 0 Å². The van der Waals surface area contributed by atoms with Crippen molar-refractivity contribution in [2.45, 2.75) is 22.7 Å². The van der Waals surface area contributed by atoms with E-state index in [1.807, 2.05) is 19.1 Å². The van der Waals surface area contributed by atoms with E-state index in [0.717, 1.165) is 19.8 Å². The first-order valence-electron chi connectivity index (χ1n) is 4.55. The summed E-state index contributed by atoms with van der Waals surface area (Å²) in [7, 11) is 0. The van der Waals surface area contributed by atoms with Crippen LogP contribution in [0.15, 0.2) is 33.5 Å². The summed E-state index contributed by atoms with van der Waals surface area (Å²) in [5, 5.41) is 9.04. The lowest BCUT2D eigenvalue weighted by Gasteiger charge is -1.99. The zero-order valence-corrected chi connectivity index (χ0v) is 9.94. The van der Waals surface area contributed by atoms with Crippen LogP contribution in [-0.4, -0.2) is 10.2 Å². The molecule has 1 aromatic heterocycles. The third kappa shape index (κ3) is 2.77. The van der Waals surface area contributed by atoms with Crippen LogP contribution in [0.25, 0.3) is 0 Å². The van der Waals surface area contributed by atoms with Crippen molar-refractivity contribution in [3.8, 4) is 0 Å². The van der Waals surface area contributed by atoms with E-state index in [0.29, 0.717) is 6.54 Å². The summed E-state index contributed by atoms with van der Waals surface area (Å²) in [5.74, 6) is 0. The Labute approximate surface area is 96.7 Å². The molecular formula is C10H11N3S2. The Morgan fingerprint density at radius 3 is 2.93 bits per heavy atom. The van der Waals surface area contributed by atoms with Crippen LogP contribution in [0, 0.1) is 6.92 Å². The first kappa shape index (κ1) is 10.6. The van der Waals surface area contributed by atoms with Gasteiger partial charge in [-0.3, -0.25) is 0 Å². The monoisotopic (exact) mass is 237 g/mol. The molecule has 0 spiro atoms. The van der Waals surface area contributed by atoms with E-state index in [9.17, 15) is 0 Å². The zero-order chi connectivity index (χ0) is 10.7. The molecule has 0 aliphatic heterocycles. The van der Waals surface area contributed by atoms with Gasteiger partial charge in [0.05, 0.1) is 0 Å². The van der Waals surface area contributed by atoms with Crippen molar-refractivity contribution in [1.82, 2.24) is 10.2 Å². The van der Waals surface area contributed by atoms with Crippen molar-refractivity contribution in [2.75, 3.05) is 0 Å². The molecule has 3 nitrogen and oxygen atoms in total. The molecule has 15 heavy (non-hydrogen) atoms. The summed E-state index contributed by atoms with van der Waals surface area (Å²) in [4.78, 5) is 1.16. The van der Waals surface area contributed by atoms with Gasteiger partial charge in [-0.05, 0) is 24.6 Å². The minimum absolute atomic E-state index is 0.573. The molecule has 2 N–H and O–H groups in total. The fourth-order valence-corrected chi connectivity index (χ4v) is 3.03. The Bertz CT molecular complexity index is 453. The normalized spacial score (nSPS) is 10.5. The number of hydrogen-bond acceptors (Lipinski definition) is 5. The molecule has 78 valence electrons. The predicted molar refractivity (Wildman–Crippen MR) is 63.1 cm³/mol. The van der Waals surface area contributed by atoms with E-state index in [1.165, 1.54) is 0 Å². The minimum Gasteiger partial charge on any atom is -0.326 e. The maximum Gasteiger partial charge on any atom is 0.179 e. The van der Waals surface area contributed by atoms with Crippen LogP contribution < -0.4 is 5.73 Å². The summed E-state index contributed by atoms with van der Waals surface area (Å²) in [6.07, 6.45) is 0. The molecule has 0 bridgehead atoms. The number of nitrogens with zero attached hydrogens (tertiary/aromatic N) is 2. The largest absolute Gasteiger partial charge is 0.326 e. The Morgan fingerprint density at radius 1 is 1.40 bits per heavy atom. The molecule has 5 heteroatoms.